The molecule has 1 heteroatoms. The van der Waals surface area contributed by atoms with Gasteiger partial charge in [0.25, 0.3) is 0 Å². The number of nitrogens with zero attached hydrogens (tertiary/aromatic N) is 1. The normalized spacial score (nSPS) is 11.9. The van der Waals surface area contributed by atoms with E-state index in [9.17, 15) is 0 Å². The Morgan fingerprint density at radius 3 is 2.64 bits per heavy atom. The summed E-state index contributed by atoms with van der Waals surface area (Å²) in [7, 11) is 0. The molecule has 0 spiro atoms. The molecule has 1 rings (SSSR count). The fourth-order valence-electron chi connectivity index (χ4n) is 1.09. The van der Waals surface area contributed by atoms with Crippen LogP contribution in [0.15, 0.2) is 59.6 Å². The first-order chi connectivity index (χ1) is 6.86. The second-order valence-electron chi connectivity index (χ2n) is 2.92. The van der Waals surface area contributed by atoms with Crippen LogP contribution in [0.4, 0.5) is 5.69 Å². The van der Waals surface area contributed by atoms with Crippen molar-refractivity contribution in [1.29, 1.82) is 0 Å². The Hall–Kier alpha value is -1.63. The van der Waals surface area contributed by atoms with Gasteiger partial charge in [-0.05, 0) is 24.6 Å². The van der Waals surface area contributed by atoms with E-state index in [1.165, 1.54) is 5.57 Å². The molecule has 0 atom stereocenters. The zero-order chi connectivity index (χ0) is 10.2. The molecule has 14 heavy (non-hydrogen) atoms. The van der Waals surface area contributed by atoms with Crippen LogP contribution in [-0.4, -0.2) is 6.21 Å². The third-order valence-electron chi connectivity index (χ3n) is 1.96. The van der Waals surface area contributed by atoms with Gasteiger partial charge in [0.2, 0.25) is 0 Å². The van der Waals surface area contributed by atoms with Gasteiger partial charge in [-0.1, -0.05) is 36.9 Å². The van der Waals surface area contributed by atoms with Gasteiger partial charge >= 0.3 is 0 Å². The van der Waals surface area contributed by atoms with Crippen molar-refractivity contribution in [3.05, 3.63) is 54.6 Å². The number of allylic oxidation sites excluding steroid dienone is 3. The molecule has 1 aromatic rings. The molecule has 0 bridgehead atoms. The Morgan fingerprint density at radius 2 is 2.07 bits per heavy atom. The first-order valence-electron chi connectivity index (χ1n) is 4.72. The summed E-state index contributed by atoms with van der Waals surface area (Å²) in [6.45, 7) is 5.73. The second kappa shape index (κ2) is 5.92. The lowest BCUT2D eigenvalue weighted by molar-refractivity contribution is 1.35. The number of hydrogen-bond donors (Lipinski definition) is 0. The van der Waals surface area contributed by atoms with Gasteiger partial charge in [-0.15, -0.1) is 0 Å². The highest BCUT2D eigenvalue weighted by molar-refractivity contribution is 5.66. The van der Waals surface area contributed by atoms with Crippen molar-refractivity contribution in [1.82, 2.24) is 0 Å². The second-order valence-corrected chi connectivity index (χ2v) is 2.92. The third kappa shape index (κ3) is 3.40. The van der Waals surface area contributed by atoms with Gasteiger partial charge in [0.15, 0.2) is 0 Å². The van der Waals surface area contributed by atoms with Crippen molar-refractivity contribution in [2.45, 2.75) is 13.3 Å². The van der Waals surface area contributed by atoms with Crippen molar-refractivity contribution in [3.8, 4) is 0 Å². The lowest BCUT2D eigenvalue weighted by Crippen LogP contribution is -1.78. The molecule has 0 aliphatic carbocycles. The summed E-state index contributed by atoms with van der Waals surface area (Å²) in [5.74, 6) is 0. The van der Waals surface area contributed by atoms with Crippen molar-refractivity contribution in [3.63, 3.8) is 0 Å². The topological polar surface area (TPSA) is 12.4 Å². The summed E-state index contributed by atoms with van der Waals surface area (Å²) in [6, 6.07) is 9.92. The van der Waals surface area contributed by atoms with Gasteiger partial charge in [0, 0.05) is 12.6 Å². The van der Waals surface area contributed by atoms with Crippen molar-refractivity contribution in [2.24, 2.45) is 4.99 Å². The predicted molar refractivity (Wildman–Crippen MR) is 63.2 cm³/mol. The van der Waals surface area contributed by atoms with Crippen LogP contribution in [0.1, 0.15) is 13.3 Å². The fraction of sp³-hybridized carbons (Fsp3) is 0.154. The highest BCUT2D eigenvalue weighted by Crippen LogP contribution is 2.09. The molecule has 0 fully saturated rings. The SMILES string of the molecule is C=C/C(=C\C)CC=Nc1ccccc1. The maximum Gasteiger partial charge on any atom is 0.0625 e. The quantitative estimate of drug-likeness (QED) is 0.498. The van der Waals surface area contributed by atoms with Gasteiger partial charge in [-0.25, -0.2) is 0 Å². The Morgan fingerprint density at radius 1 is 1.36 bits per heavy atom. The highest BCUT2D eigenvalue weighted by atomic mass is 14.7. The maximum atomic E-state index is 4.33. The molecular weight excluding hydrogens is 170 g/mol. The summed E-state index contributed by atoms with van der Waals surface area (Å²) in [5.41, 5.74) is 2.19. The molecule has 1 nitrogen and oxygen atoms in total. The summed E-state index contributed by atoms with van der Waals surface area (Å²) in [4.78, 5) is 4.33. The fourth-order valence-corrected chi connectivity index (χ4v) is 1.09. The van der Waals surface area contributed by atoms with Crippen molar-refractivity contribution >= 4 is 11.9 Å². The van der Waals surface area contributed by atoms with Crippen LogP contribution in [0.3, 0.4) is 0 Å². The number of aliphatic imine (C=N–C) groups is 1. The van der Waals surface area contributed by atoms with E-state index < -0.39 is 0 Å². The summed E-state index contributed by atoms with van der Waals surface area (Å²) < 4.78 is 0. The standard InChI is InChI=1S/C13H15N/c1-3-12(4-2)10-11-14-13-8-6-5-7-9-13/h3-9,11H,1,10H2,2H3/b12-4+,14-11?. The van der Waals surface area contributed by atoms with Crippen LogP contribution in [0.2, 0.25) is 0 Å². The lowest BCUT2D eigenvalue weighted by Gasteiger charge is -1.94. The van der Waals surface area contributed by atoms with E-state index in [4.69, 9.17) is 0 Å². The molecule has 0 aliphatic rings. The molecule has 0 saturated carbocycles. The van der Waals surface area contributed by atoms with Crippen LogP contribution >= 0.6 is 0 Å². The molecule has 0 radical (unpaired) electrons. The monoisotopic (exact) mass is 185 g/mol. The zero-order valence-corrected chi connectivity index (χ0v) is 8.48. The molecule has 72 valence electrons. The Kier molecular flexibility index (Phi) is 4.42. The van der Waals surface area contributed by atoms with Crippen LogP contribution < -0.4 is 0 Å². The van der Waals surface area contributed by atoms with Gasteiger partial charge in [-0.3, -0.25) is 4.99 Å². The zero-order valence-electron chi connectivity index (χ0n) is 8.48. The molecule has 1 aromatic carbocycles. The minimum absolute atomic E-state index is 0.842. The van der Waals surface area contributed by atoms with E-state index in [0.29, 0.717) is 0 Å². The predicted octanol–water partition coefficient (Wildman–Crippen LogP) is 3.91. The van der Waals surface area contributed by atoms with Crippen LogP contribution in [0.5, 0.6) is 0 Å². The van der Waals surface area contributed by atoms with Gasteiger partial charge in [0.05, 0.1) is 5.69 Å². The minimum atomic E-state index is 0.842. The van der Waals surface area contributed by atoms with Crippen molar-refractivity contribution < 1.29 is 0 Å². The Labute approximate surface area is 85.5 Å². The van der Waals surface area contributed by atoms with E-state index in [1.807, 2.05) is 55.6 Å². The molecule has 0 amide bonds. The van der Waals surface area contributed by atoms with Crippen molar-refractivity contribution in [2.75, 3.05) is 0 Å². The molecule has 0 saturated heterocycles. The largest absolute Gasteiger partial charge is 0.261 e. The summed E-state index contributed by atoms with van der Waals surface area (Å²) in [5, 5.41) is 0. The first-order valence-corrected chi connectivity index (χ1v) is 4.72. The number of para-hydroxylation sites is 1. The molecule has 0 aromatic heterocycles. The van der Waals surface area contributed by atoms with Gasteiger partial charge < -0.3 is 0 Å². The first kappa shape index (κ1) is 10.5. The number of benzene rings is 1. The number of rotatable bonds is 4. The van der Waals surface area contributed by atoms with Crippen LogP contribution in [0.25, 0.3) is 0 Å². The van der Waals surface area contributed by atoms with E-state index in [-0.39, 0.29) is 0 Å². The Bertz CT molecular complexity index is 334. The molecular formula is C13H15N. The van der Waals surface area contributed by atoms with E-state index in [0.717, 1.165) is 12.1 Å². The number of hydrogen-bond acceptors (Lipinski definition) is 1. The summed E-state index contributed by atoms with van der Waals surface area (Å²) >= 11 is 0. The van der Waals surface area contributed by atoms with Gasteiger partial charge in [-0.2, -0.15) is 0 Å². The van der Waals surface area contributed by atoms with E-state index in [1.54, 1.807) is 0 Å². The summed E-state index contributed by atoms with van der Waals surface area (Å²) in [6.07, 6.45) is 6.66. The highest BCUT2D eigenvalue weighted by Gasteiger charge is 1.86. The van der Waals surface area contributed by atoms with E-state index >= 15 is 0 Å². The smallest absolute Gasteiger partial charge is 0.0625 e. The third-order valence-corrected chi connectivity index (χ3v) is 1.96. The lowest BCUT2D eigenvalue weighted by atomic mass is 10.2. The van der Waals surface area contributed by atoms with Crippen LogP contribution in [-0.2, 0) is 0 Å². The Balaban J connectivity index is 2.53. The average Bonchev–Trinajstić information content (AvgIpc) is 2.26. The minimum Gasteiger partial charge on any atom is -0.261 e. The van der Waals surface area contributed by atoms with E-state index in [2.05, 4.69) is 11.6 Å². The maximum absolute atomic E-state index is 4.33. The molecule has 0 N–H and O–H groups in total. The van der Waals surface area contributed by atoms with Gasteiger partial charge in [0.1, 0.15) is 0 Å². The van der Waals surface area contributed by atoms with Crippen LogP contribution in [0, 0.1) is 0 Å². The molecule has 0 heterocycles. The average molecular weight is 185 g/mol. The molecule has 0 aliphatic heterocycles. The molecule has 0 unspecified atom stereocenters.